The Bertz CT molecular complexity index is 649. The van der Waals surface area contributed by atoms with Crippen LogP contribution >= 0.6 is 0 Å². The van der Waals surface area contributed by atoms with E-state index in [1.165, 1.54) is 18.5 Å². The first-order valence-electron chi connectivity index (χ1n) is 6.87. The third-order valence-corrected chi connectivity index (χ3v) is 3.31. The lowest BCUT2D eigenvalue weighted by atomic mass is 9.87. The minimum atomic E-state index is -0.486. The van der Waals surface area contributed by atoms with Gasteiger partial charge in [0.25, 0.3) is 5.91 Å². The molecule has 1 aromatic carbocycles. The molecule has 114 valence electrons. The maximum Gasteiger partial charge on any atom is 0.253 e. The van der Waals surface area contributed by atoms with Crippen LogP contribution in [0.3, 0.4) is 0 Å². The van der Waals surface area contributed by atoms with Gasteiger partial charge in [-0.2, -0.15) is 0 Å². The standard InChI is InChI=1S/C15H20FN3O2/c1-9(20)6-15(2,3)7-17-14(21)11-4-10(16)5-12-13(11)19-8-18-12/h4-5,8-9,20H,6-7H2,1-3H3,(H,17,21)(H,18,19). The third-order valence-electron chi connectivity index (χ3n) is 3.31. The second kappa shape index (κ2) is 5.81. The fourth-order valence-corrected chi connectivity index (χ4v) is 2.47. The molecule has 0 radical (unpaired) electrons. The molecule has 3 N–H and O–H groups in total. The fourth-order valence-electron chi connectivity index (χ4n) is 2.47. The number of aromatic nitrogens is 2. The van der Waals surface area contributed by atoms with Crippen LogP contribution in [-0.4, -0.2) is 33.6 Å². The molecule has 1 aromatic heterocycles. The molecule has 0 fully saturated rings. The summed E-state index contributed by atoms with van der Waals surface area (Å²) in [4.78, 5) is 19.1. The normalized spacial score (nSPS) is 13.4. The summed E-state index contributed by atoms with van der Waals surface area (Å²) in [5.41, 5.74) is 0.895. The summed E-state index contributed by atoms with van der Waals surface area (Å²) in [5.74, 6) is -0.856. The molecule has 2 aromatic rings. The quantitative estimate of drug-likeness (QED) is 0.791. The topological polar surface area (TPSA) is 78.0 Å². The van der Waals surface area contributed by atoms with Crippen LogP contribution in [-0.2, 0) is 0 Å². The van der Waals surface area contributed by atoms with E-state index in [1.807, 2.05) is 13.8 Å². The van der Waals surface area contributed by atoms with E-state index in [0.717, 1.165) is 0 Å². The summed E-state index contributed by atoms with van der Waals surface area (Å²) in [6, 6.07) is 2.48. The number of nitrogens with one attached hydrogen (secondary N) is 2. The Labute approximate surface area is 122 Å². The first kappa shape index (κ1) is 15.4. The number of aliphatic hydroxyl groups is 1. The van der Waals surface area contributed by atoms with Gasteiger partial charge in [-0.25, -0.2) is 9.37 Å². The monoisotopic (exact) mass is 293 g/mol. The number of carbonyl (C=O) groups is 1. The highest BCUT2D eigenvalue weighted by Gasteiger charge is 2.22. The van der Waals surface area contributed by atoms with Crippen molar-refractivity contribution in [3.8, 4) is 0 Å². The molecule has 0 aliphatic carbocycles. The third kappa shape index (κ3) is 3.78. The van der Waals surface area contributed by atoms with E-state index < -0.39 is 11.9 Å². The Kier molecular flexibility index (Phi) is 4.27. The number of rotatable bonds is 5. The van der Waals surface area contributed by atoms with Gasteiger partial charge in [0.2, 0.25) is 0 Å². The highest BCUT2D eigenvalue weighted by atomic mass is 19.1. The highest BCUT2D eigenvalue weighted by molar-refractivity contribution is 6.04. The average molecular weight is 293 g/mol. The number of hydrogen-bond donors (Lipinski definition) is 3. The van der Waals surface area contributed by atoms with Crippen LogP contribution in [0.1, 0.15) is 37.6 Å². The molecule has 0 aliphatic heterocycles. The van der Waals surface area contributed by atoms with Crippen molar-refractivity contribution in [3.63, 3.8) is 0 Å². The van der Waals surface area contributed by atoms with Crippen molar-refractivity contribution < 1.29 is 14.3 Å². The van der Waals surface area contributed by atoms with Crippen molar-refractivity contribution in [1.29, 1.82) is 0 Å². The van der Waals surface area contributed by atoms with E-state index in [0.29, 0.717) is 24.0 Å². The Morgan fingerprint density at radius 1 is 1.52 bits per heavy atom. The predicted octanol–water partition coefficient (Wildman–Crippen LogP) is 2.23. The van der Waals surface area contributed by atoms with Gasteiger partial charge < -0.3 is 15.4 Å². The molecule has 2 rings (SSSR count). The molecular weight excluding hydrogens is 273 g/mol. The van der Waals surface area contributed by atoms with E-state index in [1.54, 1.807) is 6.92 Å². The van der Waals surface area contributed by atoms with Gasteiger partial charge in [-0.1, -0.05) is 13.8 Å². The molecule has 1 unspecified atom stereocenters. The first-order valence-corrected chi connectivity index (χ1v) is 6.87. The SMILES string of the molecule is CC(O)CC(C)(C)CNC(=O)c1cc(F)cc2[nH]cnc12. The van der Waals surface area contributed by atoms with Gasteiger partial charge in [0.1, 0.15) is 11.3 Å². The highest BCUT2D eigenvalue weighted by Crippen LogP contribution is 2.22. The number of imidazole rings is 1. The predicted molar refractivity (Wildman–Crippen MR) is 78.5 cm³/mol. The molecule has 0 saturated carbocycles. The largest absolute Gasteiger partial charge is 0.393 e. The molecule has 0 spiro atoms. The Hall–Kier alpha value is -1.95. The summed E-state index contributed by atoms with van der Waals surface area (Å²) >= 11 is 0. The fraction of sp³-hybridized carbons (Fsp3) is 0.467. The second-order valence-corrected chi connectivity index (χ2v) is 6.15. The van der Waals surface area contributed by atoms with E-state index >= 15 is 0 Å². The molecule has 1 heterocycles. The van der Waals surface area contributed by atoms with Crippen molar-refractivity contribution >= 4 is 16.9 Å². The number of fused-ring (bicyclic) bond motifs is 1. The van der Waals surface area contributed by atoms with Crippen molar-refractivity contribution in [2.24, 2.45) is 5.41 Å². The number of aromatic amines is 1. The number of amides is 1. The van der Waals surface area contributed by atoms with Crippen molar-refractivity contribution in [1.82, 2.24) is 15.3 Å². The molecule has 0 aliphatic rings. The average Bonchev–Trinajstić information content (AvgIpc) is 2.81. The number of H-pyrrole nitrogens is 1. The van der Waals surface area contributed by atoms with Gasteiger partial charge in [-0.05, 0) is 30.9 Å². The van der Waals surface area contributed by atoms with Gasteiger partial charge in [-0.15, -0.1) is 0 Å². The molecule has 0 saturated heterocycles. The zero-order chi connectivity index (χ0) is 15.6. The molecule has 21 heavy (non-hydrogen) atoms. The smallest absolute Gasteiger partial charge is 0.253 e. The molecular formula is C15H20FN3O2. The zero-order valence-corrected chi connectivity index (χ0v) is 12.4. The lowest BCUT2D eigenvalue weighted by Gasteiger charge is -2.26. The van der Waals surface area contributed by atoms with Crippen molar-refractivity contribution in [2.75, 3.05) is 6.54 Å². The summed E-state index contributed by atoms with van der Waals surface area (Å²) in [7, 11) is 0. The molecule has 6 heteroatoms. The van der Waals surface area contributed by atoms with Crippen LogP contribution in [0.15, 0.2) is 18.5 Å². The van der Waals surface area contributed by atoms with Crippen LogP contribution in [0.5, 0.6) is 0 Å². The maximum absolute atomic E-state index is 13.5. The number of benzene rings is 1. The van der Waals surface area contributed by atoms with Gasteiger partial charge in [0, 0.05) is 6.54 Å². The summed E-state index contributed by atoms with van der Waals surface area (Å²) in [6.45, 7) is 6.01. The van der Waals surface area contributed by atoms with E-state index in [4.69, 9.17) is 0 Å². The van der Waals surface area contributed by atoms with Crippen LogP contribution < -0.4 is 5.32 Å². The number of halogens is 1. The number of hydrogen-bond acceptors (Lipinski definition) is 3. The Morgan fingerprint density at radius 2 is 2.24 bits per heavy atom. The van der Waals surface area contributed by atoms with Gasteiger partial charge in [0.05, 0.1) is 23.5 Å². The molecule has 1 amide bonds. The minimum absolute atomic E-state index is 0.207. The van der Waals surface area contributed by atoms with Crippen LogP contribution in [0.25, 0.3) is 11.0 Å². The summed E-state index contributed by atoms with van der Waals surface area (Å²) < 4.78 is 13.5. The summed E-state index contributed by atoms with van der Waals surface area (Å²) in [6.07, 6.45) is 1.55. The summed E-state index contributed by atoms with van der Waals surface area (Å²) in [5, 5.41) is 12.2. The number of nitrogens with zero attached hydrogens (tertiary/aromatic N) is 1. The van der Waals surface area contributed by atoms with E-state index in [-0.39, 0.29) is 16.9 Å². The second-order valence-electron chi connectivity index (χ2n) is 6.15. The molecule has 1 atom stereocenters. The van der Waals surface area contributed by atoms with Crippen molar-refractivity contribution in [2.45, 2.75) is 33.3 Å². The lowest BCUT2D eigenvalue weighted by molar-refractivity contribution is 0.0903. The number of carbonyl (C=O) groups excluding carboxylic acids is 1. The van der Waals surface area contributed by atoms with Crippen LogP contribution in [0.4, 0.5) is 4.39 Å². The molecule has 5 nitrogen and oxygen atoms in total. The van der Waals surface area contributed by atoms with Gasteiger partial charge >= 0.3 is 0 Å². The lowest BCUT2D eigenvalue weighted by Crippen LogP contribution is -2.35. The zero-order valence-electron chi connectivity index (χ0n) is 12.4. The van der Waals surface area contributed by atoms with Gasteiger partial charge in [-0.3, -0.25) is 4.79 Å². The Balaban J connectivity index is 2.14. The van der Waals surface area contributed by atoms with E-state index in [2.05, 4.69) is 15.3 Å². The minimum Gasteiger partial charge on any atom is -0.393 e. The van der Waals surface area contributed by atoms with Crippen molar-refractivity contribution in [3.05, 3.63) is 29.8 Å². The first-order chi connectivity index (χ1) is 9.78. The van der Waals surface area contributed by atoms with Crippen LogP contribution in [0, 0.1) is 11.2 Å². The van der Waals surface area contributed by atoms with Gasteiger partial charge in [0.15, 0.2) is 0 Å². The number of aliphatic hydroxyl groups excluding tert-OH is 1. The van der Waals surface area contributed by atoms with E-state index in [9.17, 15) is 14.3 Å². The van der Waals surface area contributed by atoms with Crippen LogP contribution in [0.2, 0.25) is 0 Å². The molecule has 0 bridgehead atoms. The maximum atomic E-state index is 13.5. The Morgan fingerprint density at radius 3 is 2.90 bits per heavy atom.